The second kappa shape index (κ2) is 10.9. The van der Waals surface area contributed by atoms with E-state index in [-0.39, 0.29) is 49.7 Å². The summed E-state index contributed by atoms with van der Waals surface area (Å²) >= 11 is 0. The van der Waals surface area contributed by atoms with Gasteiger partial charge in [-0.05, 0) is 30.2 Å². The Labute approximate surface area is 179 Å². The molecule has 0 aliphatic carbocycles. The van der Waals surface area contributed by atoms with Crippen molar-refractivity contribution in [2.24, 2.45) is 5.73 Å². The van der Waals surface area contributed by atoms with Gasteiger partial charge in [-0.15, -0.1) is 12.4 Å². The van der Waals surface area contributed by atoms with Gasteiger partial charge in [-0.1, -0.05) is 0 Å². The Morgan fingerprint density at radius 2 is 2.07 bits per heavy atom. The molecule has 0 bridgehead atoms. The fourth-order valence-electron chi connectivity index (χ4n) is 3.29. The molecule has 4 N–H and O–H groups in total. The second-order valence-electron chi connectivity index (χ2n) is 6.76. The molecule has 10 nitrogen and oxygen atoms in total. The zero-order chi connectivity index (χ0) is 20.8. The first kappa shape index (κ1) is 23.6. The number of benzene rings is 1. The molecule has 1 atom stereocenters. The number of fused-ring (bicyclic) bond motifs is 1. The summed E-state index contributed by atoms with van der Waals surface area (Å²) in [7, 11) is 0. The van der Waals surface area contributed by atoms with Crippen molar-refractivity contribution in [1.29, 1.82) is 0 Å². The molecule has 2 heterocycles. The summed E-state index contributed by atoms with van der Waals surface area (Å²) in [5.41, 5.74) is 6.51. The number of amides is 4. The third-order valence-electron chi connectivity index (χ3n) is 4.70. The summed E-state index contributed by atoms with van der Waals surface area (Å²) in [5.74, 6) is -0.864. The number of nitrogens with zero attached hydrogens (tertiary/aromatic N) is 1. The number of nitrogens with two attached hydrogens (primary N) is 1. The van der Waals surface area contributed by atoms with Crippen molar-refractivity contribution in [3.63, 3.8) is 0 Å². The number of nitrogens with one attached hydrogen (secondary N) is 2. The summed E-state index contributed by atoms with van der Waals surface area (Å²) < 4.78 is 10.7. The van der Waals surface area contributed by atoms with E-state index in [1.165, 1.54) is 4.90 Å². The van der Waals surface area contributed by atoms with Crippen molar-refractivity contribution in [3.8, 4) is 5.75 Å². The minimum absolute atomic E-state index is 0. The van der Waals surface area contributed by atoms with E-state index < -0.39 is 11.9 Å². The van der Waals surface area contributed by atoms with Gasteiger partial charge in [0.25, 0.3) is 11.8 Å². The van der Waals surface area contributed by atoms with Crippen molar-refractivity contribution >= 4 is 36.0 Å². The van der Waals surface area contributed by atoms with Crippen molar-refractivity contribution in [2.75, 3.05) is 32.9 Å². The molecule has 1 aromatic carbocycles. The first-order valence-corrected chi connectivity index (χ1v) is 9.44. The Balaban J connectivity index is 0.00000320. The molecule has 1 unspecified atom stereocenters. The zero-order valence-electron chi connectivity index (χ0n) is 16.3. The minimum Gasteiger partial charge on any atom is -0.484 e. The van der Waals surface area contributed by atoms with Gasteiger partial charge in [-0.25, -0.2) is 0 Å². The lowest BCUT2D eigenvalue weighted by Crippen LogP contribution is -2.52. The van der Waals surface area contributed by atoms with Crippen LogP contribution in [0.2, 0.25) is 0 Å². The van der Waals surface area contributed by atoms with Crippen molar-refractivity contribution < 1.29 is 28.7 Å². The van der Waals surface area contributed by atoms with Gasteiger partial charge >= 0.3 is 0 Å². The van der Waals surface area contributed by atoms with E-state index in [9.17, 15) is 19.2 Å². The lowest BCUT2D eigenvalue weighted by atomic mass is 10.0. The van der Waals surface area contributed by atoms with Crippen molar-refractivity contribution in [1.82, 2.24) is 15.5 Å². The molecule has 4 amide bonds. The third kappa shape index (κ3) is 5.68. The normalized spacial score (nSPS) is 17.8. The van der Waals surface area contributed by atoms with E-state index in [1.54, 1.807) is 18.2 Å². The topological polar surface area (TPSA) is 140 Å². The molecule has 1 aromatic rings. The molecule has 0 radical (unpaired) electrons. The lowest BCUT2D eigenvalue weighted by Gasteiger charge is -2.29. The molecule has 3 rings (SSSR count). The molecule has 11 heteroatoms. The minimum atomic E-state index is -0.663. The van der Waals surface area contributed by atoms with E-state index in [0.29, 0.717) is 49.6 Å². The molecule has 1 fully saturated rings. The summed E-state index contributed by atoms with van der Waals surface area (Å²) in [6, 6.07) is 4.26. The van der Waals surface area contributed by atoms with Gasteiger partial charge in [0.1, 0.15) is 11.8 Å². The fourth-order valence-corrected chi connectivity index (χ4v) is 3.29. The van der Waals surface area contributed by atoms with Crippen LogP contribution in [0.1, 0.15) is 28.8 Å². The average Bonchev–Trinajstić information content (AvgIpc) is 3.02. The quantitative estimate of drug-likeness (QED) is 0.342. The predicted molar refractivity (Wildman–Crippen MR) is 108 cm³/mol. The number of imide groups is 1. The Kier molecular flexibility index (Phi) is 8.58. The monoisotopic (exact) mass is 440 g/mol. The first-order valence-electron chi connectivity index (χ1n) is 9.44. The van der Waals surface area contributed by atoms with Crippen LogP contribution in [0.25, 0.3) is 0 Å². The number of piperidine rings is 1. The van der Waals surface area contributed by atoms with Crippen LogP contribution in [-0.2, 0) is 25.7 Å². The Morgan fingerprint density at radius 3 is 2.80 bits per heavy atom. The van der Waals surface area contributed by atoms with Crippen LogP contribution in [-0.4, -0.2) is 67.5 Å². The van der Waals surface area contributed by atoms with Crippen LogP contribution in [0, 0.1) is 0 Å². The average molecular weight is 441 g/mol. The van der Waals surface area contributed by atoms with E-state index in [0.717, 1.165) is 0 Å². The van der Waals surface area contributed by atoms with E-state index >= 15 is 0 Å². The molecular weight excluding hydrogens is 416 g/mol. The van der Waals surface area contributed by atoms with Gasteiger partial charge in [-0.3, -0.25) is 24.5 Å². The lowest BCUT2D eigenvalue weighted by molar-refractivity contribution is -0.137. The Bertz CT molecular complexity index is 818. The molecule has 164 valence electrons. The highest BCUT2D eigenvalue weighted by Crippen LogP contribution is 2.30. The highest BCUT2D eigenvalue weighted by Gasteiger charge is 2.39. The molecule has 2 aliphatic rings. The second-order valence-corrected chi connectivity index (χ2v) is 6.76. The van der Waals surface area contributed by atoms with Crippen LogP contribution in [0.4, 0.5) is 0 Å². The molecule has 0 saturated carbocycles. The van der Waals surface area contributed by atoms with Gasteiger partial charge in [0, 0.05) is 31.6 Å². The maximum absolute atomic E-state index is 12.6. The first-order chi connectivity index (χ1) is 14.0. The standard InChI is InChI=1S/C19H24N4O6.ClH/c20-5-7-28-8-6-21-17(25)11-29-13-1-2-14-12(9-13)10-23(19(14)27)15-3-4-16(24)22-18(15)26;/h1-2,9,15H,3-8,10-11,20H2,(H,21,25)(H,22,24,26);1H. The maximum atomic E-state index is 12.6. The maximum Gasteiger partial charge on any atom is 0.258 e. The molecule has 0 aromatic heterocycles. The SMILES string of the molecule is Cl.NCCOCCNC(=O)COc1ccc2c(c1)CN(C1CCC(=O)NC1=O)C2=O. The van der Waals surface area contributed by atoms with E-state index in [1.807, 2.05) is 0 Å². The fraction of sp³-hybridized carbons (Fsp3) is 0.474. The summed E-state index contributed by atoms with van der Waals surface area (Å²) in [5, 5.41) is 4.94. The Morgan fingerprint density at radius 1 is 1.27 bits per heavy atom. The van der Waals surface area contributed by atoms with Crippen LogP contribution < -0.4 is 21.1 Å². The summed E-state index contributed by atoms with van der Waals surface area (Å²) in [6.07, 6.45) is 0.514. The highest BCUT2D eigenvalue weighted by molar-refractivity contribution is 6.05. The van der Waals surface area contributed by atoms with E-state index in [2.05, 4.69) is 10.6 Å². The predicted octanol–water partition coefficient (Wildman–Crippen LogP) is -0.660. The van der Waals surface area contributed by atoms with Gasteiger partial charge in [0.05, 0.1) is 13.2 Å². The molecule has 30 heavy (non-hydrogen) atoms. The van der Waals surface area contributed by atoms with Crippen LogP contribution >= 0.6 is 12.4 Å². The van der Waals surface area contributed by atoms with Gasteiger partial charge in [0.15, 0.2) is 6.61 Å². The molecular formula is C19H25ClN4O6. The number of hydrogen-bond donors (Lipinski definition) is 3. The van der Waals surface area contributed by atoms with Crippen molar-refractivity contribution in [3.05, 3.63) is 29.3 Å². The molecule has 2 aliphatic heterocycles. The number of rotatable bonds is 9. The number of carbonyl (C=O) groups is 4. The molecule has 0 spiro atoms. The van der Waals surface area contributed by atoms with E-state index in [4.69, 9.17) is 15.2 Å². The number of carbonyl (C=O) groups excluding carboxylic acids is 4. The molecule has 1 saturated heterocycles. The largest absolute Gasteiger partial charge is 0.484 e. The number of ether oxygens (including phenoxy) is 2. The van der Waals surface area contributed by atoms with Crippen LogP contribution in [0.3, 0.4) is 0 Å². The smallest absolute Gasteiger partial charge is 0.258 e. The highest BCUT2D eigenvalue weighted by atomic mass is 35.5. The van der Waals surface area contributed by atoms with Crippen LogP contribution in [0.5, 0.6) is 5.75 Å². The summed E-state index contributed by atoms with van der Waals surface area (Å²) in [6.45, 7) is 1.69. The Hall–Kier alpha value is -2.69. The third-order valence-corrected chi connectivity index (χ3v) is 4.70. The van der Waals surface area contributed by atoms with Gasteiger partial charge < -0.3 is 25.4 Å². The summed E-state index contributed by atoms with van der Waals surface area (Å²) in [4.78, 5) is 49.3. The van der Waals surface area contributed by atoms with Gasteiger partial charge in [-0.2, -0.15) is 0 Å². The number of halogens is 1. The number of hydrogen-bond acceptors (Lipinski definition) is 7. The zero-order valence-corrected chi connectivity index (χ0v) is 17.2. The van der Waals surface area contributed by atoms with Gasteiger partial charge in [0.2, 0.25) is 11.8 Å². The van der Waals surface area contributed by atoms with Crippen molar-refractivity contribution in [2.45, 2.75) is 25.4 Å². The van der Waals surface area contributed by atoms with Crippen LogP contribution in [0.15, 0.2) is 18.2 Å².